The summed E-state index contributed by atoms with van der Waals surface area (Å²) in [5.74, 6) is -1.67. The molecule has 9 fully saturated rings. The minimum atomic E-state index is -0.617. The van der Waals surface area contributed by atoms with E-state index in [-0.39, 0.29) is 33.2 Å². The summed E-state index contributed by atoms with van der Waals surface area (Å²) >= 11 is 0. The zero-order valence-corrected chi connectivity index (χ0v) is 27.1. The van der Waals surface area contributed by atoms with E-state index in [4.69, 9.17) is 28.4 Å². The normalized spacial score (nSPS) is 66.5. The fraction of sp³-hybridized carbons (Fsp3) is 1.00. The predicted molar refractivity (Wildman–Crippen MR) is 152 cm³/mol. The summed E-state index contributed by atoms with van der Waals surface area (Å²) < 4.78 is 41.3. The average molecular weight is 569 g/mol. The zero-order valence-electron chi connectivity index (χ0n) is 24.8. The van der Waals surface area contributed by atoms with Crippen molar-refractivity contribution in [2.45, 2.75) is 152 Å². The number of hydrogen-bond donors (Lipinski definition) is 0. The van der Waals surface area contributed by atoms with E-state index in [1.165, 1.54) is 25.7 Å². The molecular weight excluding hydrogens is 518 g/mol. The van der Waals surface area contributed by atoms with Crippen LogP contribution in [0.4, 0.5) is 0 Å². The molecule has 1 saturated carbocycles. The van der Waals surface area contributed by atoms with Crippen molar-refractivity contribution < 1.29 is 28.4 Å². The standard InChI is InChI=1S/C30H50O6P2/c1-21-13-25(5)32-22(2,14-26(6,31-21)35-25)29(21,17-37)19-11-9-10-12-20(19)30(18-38)23(3)15-27(7)34-24(30,4)16-28(8,33-23)36-27/h19-20H,9-18,37-38H2,1-8H3/t19-,20+,21?,22?,23?,24?,25?,26?,27?,28?,29?,30?. The van der Waals surface area contributed by atoms with Crippen LogP contribution in [-0.2, 0) is 28.4 Å². The second kappa shape index (κ2) is 7.39. The van der Waals surface area contributed by atoms with Crippen LogP contribution in [0.5, 0.6) is 0 Å². The molecule has 0 aromatic rings. The summed E-state index contributed by atoms with van der Waals surface area (Å²) in [4.78, 5) is 0. The Labute approximate surface area is 234 Å². The molecule has 1 aliphatic carbocycles. The first-order valence-corrected chi connectivity index (χ1v) is 16.7. The van der Waals surface area contributed by atoms with E-state index in [0.29, 0.717) is 11.8 Å². The van der Waals surface area contributed by atoms with Gasteiger partial charge >= 0.3 is 0 Å². The van der Waals surface area contributed by atoms with Crippen LogP contribution >= 0.6 is 18.5 Å². The van der Waals surface area contributed by atoms with Gasteiger partial charge < -0.3 is 28.4 Å². The number of rotatable bonds is 4. The van der Waals surface area contributed by atoms with Gasteiger partial charge in [-0.1, -0.05) is 12.8 Å². The summed E-state index contributed by atoms with van der Waals surface area (Å²) in [6, 6.07) is 0. The molecule has 0 aromatic heterocycles. The lowest BCUT2D eigenvalue weighted by Gasteiger charge is -2.80. The molecule has 6 nitrogen and oxygen atoms in total. The SMILES string of the molecule is CC12CC3(C)OC(C)(CC(C)(O1)C3(CP)[C@@H]1CCCC[C@@H]1C1(CP)C3(C)CC4(C)OC(C)(CC1(C)O4)O3)O2. The number of hydrogen-bond acceptors (Lipinski definition) is 6. The molecule has 10 unspecified atom stereocenters. The molecule has 0 spiro atoms. The van der Waals surface area contributed by atoms with Gasteiger partial charge in [-0.3, -0.25) is 0 Å². The van der Waals surface area contributed by atoms with E-state index >= 15 is 0 Å². The minimum Gasteiger partial charge on any atom is -0.343 e. The average Bonchev–Trinajstić information content (AvgIpc) is 2.68. The van der Waals surface area contributed by atoms with Gasteiger partial charge in [0.2, 0.25) is 0 Å². The van der Waals surface area contributed by atoms with E-state index in [2.05, 4.69) is 73.9 Å². The second-order valence-corrected chi connectivity index (χ2v) is 16.4. The first-order chi connectivity index (χ1) is 17.4. The van der Waals surface area contributed by atoms with Crippen molar-refractivity contribution in [1.82, 2.24) is 0 Å². The highest BCUT2D eigenvalue weighted by atomic mass is 31.0. The highest BCUT2D eigenvalue weighted by molar-refractivity contribution is 7.16. The van der Waals surface area contributed by atoms with Gasteiger partial charge in [0, 0.05) is 36.5 Å². The maximum Gasteiger partial charge on any atom is 0.172 e. The lowest BCUT2D eigenvalue weighted by atomic mass is 9.39. The second-order valence-electron chi connectivity index (χ2n) is 15.6. The third kappa shape index (κ3) is 2.94. The Morgan fingerprint density at radius 3 is 0.974 bits per heavy atom. The van der Waals surface area contributed by atoms with Gasteiger partial charge in [-0.2, -0.15) is 0 Å². The Kier molecular flexibility index (Phi) is 5.34. The molecule has 9 rings (SSSR count). The van der Waals surface area contributed by atoms with Crippen LogP contribution in [0, 0.1) is 22.7 Å². The summed E-state index contributed by atoms with van der Waals surface area (Å²) in [7, 11) is 6.32. The van der Waals surface area contributed by atoms with Crippen molar-refractivity contribution in [3.8, 4) is 0 Å². The molecule has 8 heteroatoms. The highest BCUT2D eigenvalue weighted by Crippen LogP contribution is 2.77. The van der Waals surface area contributed by atoms with E-state index in [1.54, 1.807) is 0 Å². The molecule has 38 heavy (non-hydrogen) atoms. The van der Waals surface area contributed by atoms with Crippen LogP contribution in [-0.4, -0.2) is 57.9 Å². The molecule has 216 valence electrons. The molecule has 0 N–H and O–H groups in total. The minimum absolute atomic E-state index is 0.183. The van der Waals surface area contributed by atoms with Crippen molar-refractivity contribution in [2.75, 3.05) is 12.3 Å². The molecule has 8 heterocycles. The van der Waals surface area contributed by atoms with Crippen molar-refractivity contribution >= 4 is 18.5 Å². The molecule has 0 radical (unpaired) electrons. The van der Waals surface area contributed by atoms with Crippen molar-refractivity contribution in [3.05, 3.63) is 0 Å². The smallest absolute Gasteiger partial charge is 0.172 e. The molecular formula is C30H50O6P2. The highest BCUT2D eigenvalue weighted by Gasteiger charge is 2.83. The number of ether oxygens (including phenoxy) is 6. The van der Waals surface area contributed by atoms with E-state index in [0.717, 1.165) is 38.0 Å². The largest absolute Gasteiger partial charge is 0.343 e. The van der Waals surface area contributed by atoms with Crippen molar-refractivity contribution in [3.63, 3.8) is 0 Å². The van der Waals surface area contributed by atoms with Gasteiger partial charge in [0.1, 0.15) is 0 Å². The third-order valence-electron chi connectivity index (χ3n) is 12.7. The molecule has 0 amide bonds. The lowest BCUT2D eigenvalue weighted by molar-refractivity contribution is -0.561. The monoisotopic (exact) mass is 568 g/mol. The Morgan fingerprint density at radius 2 is 0.737 bits per heavy atom. The Bertz CT molecular complexity index is 891. The van der Waals surface area contributed by atoms with Gasteiger partial charge in [0.25, 0.3) is 0 Å². The topological polar surface area (TPSA) is 55.4 Å². The quantitative estimate of drug-likeness (QED) is 0.379. The van der Waals surface area contributed by atoms with E-state index < -0.39 is 23.1 Å². The van der Waals surface area contributed by atoms with Crippen molar-refractivity contribution in [2.24, 2.45) is 22.7 Å². The predicted octanol–water partition coefficient (Wildman–Crippen LogP) is 6.16. The summed E-state index contributed by atoms with van der Waals surface area (Å²) in [6.07, 6.45) is 9.72. The van der Waals surface area contributed by atoms with Crippen LogP contribution in [0.1, 0.15) is 107 Å². The van der Waals surface area contributed by atoms with Gasteiger partial charge in [-0.15, -0.1) is 18.5 Å². The Hall–Kier alpha value is 0.620. The zero-order chi connectivity index (χ0) is 27.5. The molecule has 8 aliphatic heterocycles. The summed E-state index contributed by atoms with van der Waals surface area (Å²) in [5, 5.41) is 0. The first kappa shape index (κ1) is 27.5. The summed E-state index contributed by atoms with van der Waals surface area (Å²) in [6.45, 7) is 18.0. The Morgan fingerprint density at radius 1 is 0.474 bits per heavy atom. The first-order valence-electron chi connectivity index (χ1n) is 15.0. The molecule has 9 aliphatic rings. The Balaban J connectivity index is 1.41. The van der Waals surface area contributed by atoms with Gasteiger partial charge in [-0.25, -0.2) is 0 Å². The van der Waals surface area contributed by atoms with E-state index in [9.17, 15) is 0 Å². The third-order valence-corrected chi connectivity index (χ3v) is 14.0. The van der Waals surface area contributed by atoms with Crippen LogP contribution in [0.25, 0.3) is 0 Å². The molecule has 0 aromatic carbocycles. The fourth-order valence-electron chi connectivity index (χ4n) is 12.9. The van der Waals surface area contributed by atoms with Gasteiger partial charge in [0.15, 0.2) is 23.1 Å². The maximum absolute atomic E-state index is 7.09. The summed E-state index contributed by atoms with van der Waals surface area (Å²) in [5.41, 5.74) is -1.81. The molecule has 12 atom stereocenters. The van der Waals surface area contributed by atoms with Crippen molar-refractivity contribution in [1.29, 1.82) is 0 Å². The van der Waals surface area contributed by atoms with E-state index in [1.807, 2.05) is 0 Å². The van der Waals surface area contributed by atoms with Crippen LogP contribution < -0.4 is 0 Å². The van der Waals surface area contributed by atoms with Crippen LogP contribution in [0.15, 0.2) is 0 Å². The van der Waals surface area contributed by atoms with Gasteiger partial charge in [0.05, 0.1) is 22.4 Å². The molecule has 8 saturated heterocycles. The fourth-order valence-corrected chi connectivity index (χ4v) is 15.3. The lowest BCUT2D eigenvalue weighted by Crippen LogP contribution is -2.87. The maximum atomic E-state index is 7.09. The van der Waals surface area contributed by atoms with Crippen LogP contribution in [0.3, 0.4) is 0 Å². The molecule has 8 bridgehead atoms. The van der Waals surface area contributed by atoms with Gasteiger partial charge in [-0.05, 0) is 92.4 Å². The van der Waals surface area contributed by atoms with Crippen LogP contribution in [0.2, 0.25) is 0 Å².